The van der Waals surface area contributed by atoms with Crippen LogP contribution >= 0.6 is 0 Å². The number of hydrogen-bond donors (Lipinski definition) is 1. The second-order valence-electron chi connectivity index (χ2n) is 9.26. The fourth-order valence-electron chi connectivity index (χ4n) is 5.86. The van der Waals surface area contributed by atoms with E-state index in [2.05, 4.69) is 62.0 Å². The Morgan fingerprint density at radius 3 is 2.44 bits per heavy atom. The first-order chi connectivity index (χ1) is 12.8. The molecule has 4 rings (SSSR count). The number of carbonyl (C=O) groups is 1. The Bertz CT molecular complexity index is 780. The average molecular weight is 370 g/mol. The van der Waals surface area contributed by atoms with Crippen LogP contribution in [0.25, 0.3) is 0 Å². The molecule has 1 amide bonds. The van der Waals surface area contributed by atoms with Gasteiger partial charge in [-0.2, -0.15) is 0 Å². The third-order valence-electron chi connectivity index (χ3n) is 7.99. The molecule has 2 bridgehead atoms. The number of carbonyl (C=O) groups excluding carboxylic acids is 1. The van der Waals surface area contributed by atoms with Crippen molar-refractivity contribution in [3.05, 3.63) is 29.8 Å². The lowest BCUT2D eigenvalue weighted by Crippen LogP contribution is -2.52. The SMILES string of the molecule is Cc1ccccc1N1CCN(C(=O)[C@@H]2/C(=N\O)[C@]3(C)CC[C@H]2C3(C)C)CC1. The predicted octanol–water partition coefficient (Wildman–Crippen LogP) is 3.55. The summed E-state index contributed by atoms with van der Waals surface area (Å²) in [5.74, 6) is 0.179. The molecular formula is C22H31N3O2. The zero-order chi connectivity index (χ0) is 19.4. The van der Waals surface area contributed by atoms with E-state index < -0.39 is 0 Å². The minimum Gasteiger partial charge on any atom is -0.411 e. The number of rotatable bonds is 2. The fourth-order valence-corrected chi connectivity index (χ4v) is 5.86. The molecule has 0 radical (unpaired) electrons. The number of nitrogens with zero attached hydrogens (tertiary/aromatic N) is 3. The number of piperazine rings is 1. The highest BCUT2D eigenvalue weighted by molar-refractivity contribution is 6.10. The normalized spacial score (nSPS) is 33.7. The van der Waals surface area contributed by atoms with Crippen molar-refractivity contribution in [1.82, 2.24) is 4.90 Å². The largest absolute Gasteiger partial charge is 0.411 e. The smallest absolute Gasteiger partial charge is 0.231 e. The molecule has 2 aliphatic carbocycles. The molecule has 1 aromatic carbocycles. The van der Waals surface area contributed by atoms with E-state index in [1.165, 1.54) is 11.3 Å². The molecular weight excluding hydrogens is 338 g/mol. The number of benzene rings is 1. The first-order valence-corrected chi connectivity index (χ1v) is 10.1. The summed E-state index contributed by atoms with van der Waals surface area (Å²) in [5, 5.41) is 13.4. The molecule has 0 unspecified atom stereocenters. The van der Waals surface area contributed by atoms with Crippen LogP contribution in [0.1, 0.15) is 39.2 Å². The maximum Gasteiger partial charge on any atom is 0.231 e. The first-order valence-electron chi connectivity index (χ1n) is 10.1. The molecule has 3 fully saturated rings. The number of aryl methyl sites for hydroxylation is 1. The van der Waals surface area contributed by atoms with Crippen molar-refractivity contribution in [2.45, 2.75) is 40.5 Å². The molecule has 0 spiro atoms. The van der Waals surface area contributed by atoms with Crippen LogP contribution in [0.3, 0.4) is 0 Å². The van der Waals surface area contributed by atoms with Crippen molar-refractivity contribution in [2.75, 3.05) is 31.1 Å². The van der Waals surface area contributed by atoms with Crippen LogP contribution in [0.15, 0.2) is 29.4 Å². The second-order valence-corrected chi connectivity index (χ2v) is 9.26. The molecule has 1 saturated heterocycles. The van der Waals surface area contributed by atoms with E-state index in [1.807, 2.05) is 4.90 Å². The standard InChI is InChI=1S/C22H31N3O2/c1-15-7-5-6-8-17(15)24-11-13-25(14-12-24)20(26)18-16-9-10-22(4,19(18)23-27)21(16,2)3/h5-8,16,18,27H,9-14H2,1-4H3/b23-19+/t16-,18+,22+/m1/s1. The van der Waals surface area contributed by atoms with Gasteiger partial charge in [0.2, 0.25) is 5.91 Å². The van der Waals surface area contributed by atoms with E-state index in [0.29, 0.717) is 0 Å². The number of para-hydroxylation sites is 1. The van der Waals surface area contributed by atoms with Gasteiger partial charge in [-0.25, -0.2) is 0 Å². The summed E-state index contributed by atoms with van der Waals surface area (Å²) in [4.78, 5) is 17.8. The van der Waals surface area contributed by atoms with Crippen LogP contribution in [-0.4, -0.2) is 47.9 Å². The van der Waals surface area contributed by atoms with Crippen molar-refractivity contribution in [1.29, 1.82) is 0 Å². The zero-order valence-electron chi connectivity index (χ0n) is 16.9. The van der Waals surface area contributed by atoms with Crippen LogP contribution in [0.5, 0.6) is 0 Å². The molecule has 27 heavy (non-hydrogen) atoms. The maximum atomic E-state index is 13.4. The van der Waals surface area contributed by atoms with E-state index >= 15 is 0 Å². The van der Waals surface area contributed by atoms with E-state index in [1.54, 1.807) is 0 Å². The lowest BCUT2D eigenvalue weighted by atomic mass is 9.70. The van der Waals surface area contributed by atoms with Gasteiger partial charge < -0.3 is 15.0 Å². The number of oxime groups is 1. The Balaban J connectivity index is 1.50. The quantitative estimate of drug-likeness (QED) is 0.641. The monoisotopic (exact) mass is 369 g/mol. The zero-order valence-corrected chi connectivity index (χ0v) is 16.9. The minimum atomic E-state index is -0.256. The summed E-state index contributed by atoms with van der Waals surface area (Å²) in [6.07, 6.45) is 2.05. The van der Waals surface area contributed by atoms with Crippen molar-refractivity contribution < 1.29 is 10.0 Å². The molecule has 1 N–H and O–H groups in total. The topological polar surface area (TPSA) is 56.1 Å². The molecule has 5 nitrogen and oxygen atoms in total. The number of hydrogen-bond acceptors (Lipinski definition) is 4. The molecule has 1 aliphatic heterocycles. The van der Waals surface area contributed by atoms with Gasteiger partial charge in [-0.1, -0.05) is 44.1 Å². The van der Waals surface area contributed by atoms with E-state index in [4.69, 9.17) is 0 Å². The van der Waals surface area contributed by atoms with Gasteiger partial charge >= 0.3 is 0 Å². The highest BCUT2D eigenvalue weighted by atomic mass is 16.4. The van der Waals surface area contributed by atoms with Gasteiger partial charge in [-0.15, -0.1) is 0 Å². The van der Waals surface area contributed by atoms with Crippen LogP contribution in [0.2, 0.25) is 0 Å². The minimum absolute atomic E-state index is 0.00212. The third-order valence-corrected chi connectivity index (χ3v) is 7.99. The van der Waals surface area contributed by atoms with Crippen molar-refractivity contribution in [3.8, 4) is 0 Å². The molecule has 1 heterocycles. The van der Waals surface area contributed by atoms with Gasteiger partial charge in [0.15, 0.2) is 0 Å². The first kappa shape index (κ1) is 18.3. The van der Waals surface area contributed by atoms with E-state index in [-0.39, 0.29) is 28.6 Å². The lowest BCUT2D eigenvalue weighted by molar-refractivity contribution is -0.135. The van der Waals surface area contributed by atoms with Crippen LogP contribution in [0.4, 0.5) is 5.69 Å². The molecule has 2 saturated carbocycles. The van der Waals surface area contributed by atoms with Crippen molar-refractivity contribution in [2.24, 2.45) is 27.8 Å². The molecule has 5 heteroatoms. The van der Waals surface area contributed by atoms with Gasteiger partial charge in [0.25, 0.3) is 0 Å². The Morgan fingerprint density at radius 2 is 1.81 bits per heavy atom. The average Bonchev–Trinajstić information content (AvgIpc) is 2.99. The van der Waals surface area contributed by atoms with Gasteiger partial charge in [0.1, 0.15) is 0 Å². The molecule has 146 valence electrons. The highest BCUT2D eigenvalue weighted by Crippen LogP contribution is 2.66. The van der Waals surface area contributed by atoms with Crippen molar-refractivity contribution >= 4 is 17.3 Å². The summed E-state index contributed by atoms with van der Waals surface area (Å²) >= 11 is 0. The summed E-state index contributed by atoms with van der Waals surface area (Å²) in [6.45, 7) is 11.9. The van der Waals surface area contributed by atoms with Crippen LogP contribution in [-0.2, 0) is 4.79 Å². The Labute approximate surface area is 162 Å². The van der Waals surface area contributed by atoms with E-state index in [0.717, 1.165) is 44.7 Å². The summed E-state index contributed by atoms with van der Waals surface area (Å²) in [7, 11) is 0. The molecule has 1 aromatic rings. The van der Waals surface area contributed by atoms with Crippen LogP contribution in [0, 0.1) is 29.6 Å². The molecule has 3 atom stereocenters. The lowest BCUT2D eigenvalue weighted by Gasteiger charge is -2.39. The Hall–Kier alpha value is -2.04. The predicted molar refractivity (Wildman–Crippen MR) is 107 cm³/mol. The fraction of sp³-hybridized carbons (Fsp3) is 0.636. The van der Waals surface area contributed by atoms with Gasteiger partial charge in [0, 0.05) is 37.3 Å². The number of anilines is 1. The Kier molecular flexibility index (Phi) is 4.24. The summed E-state index contributed by atoms with van der Waals surface area (Å²) in [6, 6.07) is 8.42. The van der Waals surface area contributed by atoms with Crippen LogP contribution < -0.4 is 4.90 Å². The molecule has 3 aliphatic rings. The molecule has 0 aromatic heterocycles. The van der Waals surface area contributed by atoms with Gasteiger partial charge in [-0.3, -0.25) is 4.79 Å². The Morgan fingerprint density at radius 1 is 1.15 bits per heavy atom. The highest BCUT2D eigenvalue weighted by Gasteiger charge is 2.67. The number of fused-ring (bicyclic) bond motifs is 2. The van der Waals surface area contributed by atoms with Gasteiger partial charge in [0.05, 0.1) is 11.6 Å². The second kappa shape index (κ2) is 6.25. The van der Waals surface area contributed by atoms with E-state index in [9.17, 15) is 10.0 Å². The van der Waals surface area contributed by atoms with Gasteiger partial charge in [-0.05, 0) is 42.7 Å². The summed E-state index contributed by atoms with van der Waals surface area (Å²) in [5.41, 5.74) is 3.08. The van der Waals surface area contributed by atoms with Crippen molar-refractivity contribution in [3.63, 3.8) is 0 Å². The maximum absolute atomic E-state index is 13.4. The summed E-state index contributed by atoms with van der Waals surface area (Å²) < 4.78 is 0. The number of amides is 1. The third kappa shape index (κ3) is 2.50.